The number of hydrogen-bond donors (Lipinski definition) is 0. The molecular weight excluding hydrogens is 268 g/mol. The maximum atomic E-state index is 12.4. The van der Waals surface area contributed by atoms with E-state index in [1.165, 1.54) is 0 Å². The van der Waals surface area contributed by atoms with Crippen LogP contribution in [0.25, 0.3) is 5.82 Å². The molecule has 0 unspecified atom stereocenters. The van der Waals surface area contributed by atoms with Crippen LogP contribution in [0.2, 0.25) is 0 Å². The van der Waals surface area contributed by atoms with Crippen molar-refractivity contribution in [3.63, 3.8) is 0 Å². The summed E-state index contributed by atoms with van der Waals surface area (Å²) in [4.78, 5) is 21.0. The summed E-state index contributed by atoms with van der Waals surface area (Å²) < 4.78 is 1.70. The molecule has 3 rings (SSSR count). The van der Waals surface area contributed by atoms with Gasteiger partial charge < -0.3 is 9.80 Å². The molecular formula is C14H18N6O. The molecule has 0 aliphatic carbocycles. The Morgan fingerprint density at radius 2 is 1.86 bits per heavy atom. The lowest BCUT2D eigenvalue weighted by molar-refractivity contribution is 0.0643. The smallest absolute Gasteiger partial charge is 0.255 e. The third kappa shape index (κ3) is 2.92. The Labute approximate surface area is 123 Å². The number of piperazine rings is 1. The second-order valence-corrected chi connectivity index (χ2v) is 5.00. The van der Waals surface area contributed by atoms with E-state index in [-0.39, 0.29) is 5.91 Å². The van der Waals surface area contributed by atoms with Crippen molar-refractivity contribution in [2.24, 2.45) is 0 Å². The zero-order valence-corrected chi connectivity index (χ0v) is 12.0. The number of likely N-dealkylation sites (N-methyl/N-ethyl adjacent to an activating group) is 1. The summed E-state index contributed by atoms with van der Waals surface area (Å²) in [5, 5.41) is 7.48. The third-order valence-electron chi connectivity index (χ3n) is 3.78. The van der Waals surface area contributed by atoms with Gasteiger partial charge in [-0.15, -0.1) is 10.2 Å². The van der Waals surface area contributed by atoms with Gasteiger partial charge in [-0.1, -0.05) is 6.92 Å². The third-order valence-corrected chi connectivity index (χ3v) is 3.78. The summed E-state index contributed by atoms with van der Waals surface area (Å²) in [7, 11) is 0. The van der Waals surface area contributed by atoms with Crippen LogP contribution in [0.5, 0.6) is 0 Å². The maximum Gasteiger partial charge on any atom is 0.255 e. The molecule has 2 aromatic heterocycles. The van der Waals surface area contributed by atoms with E-state index in [2.05, 4.69) is 27.0 Å². The minimum Gasteiger partial charge on any atom is -0.336 e. The summed E-state index contributed by atoms with van der Waals surface area (Å²) in [6, 6.07) is 3.61. The van der Waals surface area contributed by atoms with Crippen LogP contribution in [0.4, 0.5) is 0 Å². The van der Waals surface area contributed by atoms with E-state index in [9.17, 15) is 4.79 Å². The zero-order chi connectivity index (χ0) is 14.7. The van der Waals surface area contributed by atoms with Gasteiger partial charge in [0.2, 0.25) is 0 Å². The van der Waals surface area contributed by atoms with Crippen LogP contribution >= 0.6 is 0 Å². The molecule has 0 saturated carbocycles. The Morgan fingerprint density at radius 1 is 1.14 bits per heavy atom. The number of carbonyl (C=O) groups is 1. The molecule has 1 aliphatic heterocycles. The quantitative estimate of drug-likeness (QED) is 0.819. The molecule has 1 fully saturated rings. The highest BCUT2D eigenvalue weighted by Gasteiger charge is 2.21. The molecule has 7 nitrogen and oxygen atoms in total. The molecule has 0 spiro atoms. The van der Waals surface area contributed by atoms with Crippen molar-refractivity contribution in [1.82, 2.24) is 29.5 Å². The Balaban J connectivity index is 1.68. The Kier molecular flexibility index (Phi) is 3.92. The second kappa shape index (κ2) is 6.01. The summed E-state index contributed by atoms with van der Waals surface area (Å²) in [5.74, 6) is 0.751. The van der Waals surface area contributed by atoms with E-state index in [4.69, 9.17) is 0 Å². The highest BCUT2D eigenvalue weighted by Crippen LogP contribution is 2.10. The van der Waals surface area contributed by atoms with E-state index in [1.807, 2.05) is 4.90 Å². The molecule has 1 aliphatic rings. The Hall–Kier alpha value is -2.28. The standard InChI is InChI=1S/C14H18N6O/c1-2-18-5-7-19(8-6-18)14(21)12-3-4-13(15-9-12)20-10-16-17-11-20/h3-4,9-11H,2,5-8H2,1H3. The molecule has 110 valence electrons. The molecule has 1 amide bonds. The normalized spacial score (nSPS) is 16.1. The van der Waals surface area contributed by atoms with Crippen LogP contribution in [-0.2, 0) is 0 Å². The van der Waals surface area contributed by atoms with Gasteiger partial charge in [0, 0.05) is 32.4 Å². The Morgan fingerprint density at radius 3 is 2.43 bits per heavy atom. The van der Waals surface area contributed by atoms with Crippen LogP contribution in [0, 0.1) is 0 Å². The van der Waals surface area contributed by atoms with Gasteiger partial charge in [-0.3, -0.25) is 9.36 Å². The zero-order valence-electron chi connectivity index (χ0n) is 12.0. The van der Waals surface area contributed by atoms with E-state index in [1.54, 1.807) is 35.6 Å². The maximum absolute atomic E-state index is 12.4. The minimum atomic E-state index is 0.0496. The number of amides is 1. The number of rotatable bonds is 3. The van der Waals surface area contributed by atoms with Crippen molar-refractivity contribution in [1.29, 1.82) is 0 Å². The first-order valence-electron chi connectivity index (χ1n) is 7.10. The van der Waals surface area contributed by atoms with Crippen LogP contribution in [0.3, 0.4) is 0 Å². The van der Waals surface area contributed by atoms with Crippen LogP contribution in [0.15, 0.2) is 31.0 Å². The molecule has 21 heavy (non-hydrogen) atoms. The van der Waals surface area contributed by atoms with Gasteiger partial charge in [0.15, 0.2) is 0 Å². The van der Waals surface area contributed by atoms with Crippen LogP contribution < -0.4 is 0 Å². The fourth-order valence-electron chi connectivity index (χ4n) is 2.43. The van der Waals surface area contributed by atoms with E-state index in [0.717, 1.165) is 32.7 Å². The molecule has 0 N–H and O–H groups in total. The molecule has 1 saturated heterocycles. The van der Waals surface area contributed by atoms with Gasteiger partial charge in [-0.2, -0.15) is 0 Å². The van der Waals surface area contributed by atoms with Gasteiger partial charge in [0.05, 0.1) is 5.56 Å². The van der Waals surface area contributed by atoms with Crippen molar-refractivity contribution >= 4 is 5.91 Å². The van der Waals surface area contributed by atoms with Crippen molar-refractivity contribution < 1.29 is 4.79 Å². The minimum absolute atomic E-state index is 0.0496. The van der Waals surface area contributed by atoms with Crippen molar-refractivity contribution in [2.75, 3.05) is 32.7 Å². The average Bonchev–Trinajstić information content (AvgIpc) is 3.09. The first kappa shape index (κ1) is 13.7. The predicted molar refractivity (Wildman–Crippen MR) is 77.2 cm³/mol. The van der Waals surface area contributed by atoms with Gasteiger partial charge in [-0.05, 0) is 18.7 Å². The molecule has 0 atom stereocenters. The largest absolute Gasteiger partial charge is 0.336 e. The topological polar surface area (TPSA) is 67.2 Å². The van der Waals surface area contributed by atoms with Crippen molar-refractivity contribution in [3.05, 3.63) is 36.5 Å². The van der Waals surface area contributed by atoms with Gasteiger partial charge >= 0.3 is 0 Å². The fourth-order valence-corrected chi connectivity index (χ4v) is 2.43. The van der Waals surface area contributed by atoms with Gasteiger partial charge in [-0.25, -0.2) is 4.98 Å². The number of pyridine rings is 1. The fraction of sp³-hybridized carbons (Fsp3) is 0.429. The summed E-state index contributed by atoms with van der Waals surface area (Å²) in [5.41, 5.74) is 0.622. The lowest BCUT2D eigenvalue weighted by Crippen LogP contribution is -2.48. The number of nitrogens with zero attached hydrogens (tertiary/aromatic N) is 6. The SMILES string of the molecule is CCN1CCN(C(=O)c2ccc(-n3cnnc3)nc2)CC1. The highest BCUT2D eigenvalue weighted by atomic mass is 16.2. The summed E-state index contributed by atoms with van der Waals surface area (Å²) in [6.07, 6.45) is 4.77. The predicted octanol–water partition coefficient (Wildman–Crippen LogP) is 0.440. The van der Waals surface area contributed by atoms with E-state index >= 15 is 0 Å². The Bertz CT molecular complexity index is 586. The summed E-state index contributed by atoms with van der Waals surface area (Å²) >= 11 is 0. The van der Waals surface area contributed by atoms with Gasteiger partial charge in [0.25, 0.3) is 5.91 Å². The molecule has 3 heterocycles. The average molecular weight is 286 g/mol. The first-order valence-corrected chi connectivity index (χ1v) is 7.10. The lowest BCUT2D eigenvalue weighted by Gasteiger charge is -2.34. The van der Waals surface area contributed by atoms with Crippen molar-refractivity contribution in [3.8, 4) is 5.82 Å². The molecule has 0 aromatic carbocycles. The molecule has 0 bridgehead atoms. The number of hydrogen-bond acceptors (Lipinski definition) is 5. The molecule has 7 heteroatoms. The van der Waals surface area contributed by atoms with Crippen LogP contribution in [0.1, 0.15) is 17.3 Å². The monoisotopic (exact) mass is 286 g/mol. The van der Waals surface area contributed by atoms with Crippen molar-refractivity contribution in [2.45, 2.75) is 6.92 Å². The lowest BCUT2D eigenvalue weighted by atomic mass is 10.2. The highest BCUT2D eigenvalue weighted by molar-refractivity contribution is 5.94. The molecule has 0 radical (unpaired) electrons. The van der Waals surface area contributed by atoms with E-state index < -0.39 is 0 Å². The number of carbonyl (C=O) groups excluding carboxylic acids is 1. The van der Waals surface area contributed by atoms with Crippen LogP contribution in [-0.4, -0.2) is 68.2 Å². The van der Waals surface area contributed by atoms with E-state index in [0.29, 0.717) is 11.4 Å². The van der Waals surface area contributed by atoms with Gasteiger partial charge in [0.1, 0.15) is 18.5 Å². The summed E-state index contributed by atoms with van der Waals surface area (Å²) in [6.45, 7) is 6.62. The number of aromatic nitrogens is 4. The first-order chi connectivity index (χ1) is 10.3. The molecule has 2 aromatic rings. The second-order valence-electron chi connectivity index (χ2n) is 5.00.